The number of hydrazine groups is 1. The van der Waals surface area contributed by atoms with Gasteiger partial charge in [0.05, 0.1) is 6.61 Å². The van der Waals surface area contributed by atoms with Crippen LogP contribution in [0.15, 0.2) is 48.8 Å². The molecule has 1 aromatic carbocycles. The highest BCUT2D eigenvalue weighted by Gasteiger charge is 2.08. The van der Waals surface area contributed by atoms with Gasteiger partial charge in [-0.1, -0.05) is 18.2 Å². The van der Waals surface area contributed by atoms with E-state index >= 15 is 0 Å². The van der Waals surface area contributed by atoms with Gasteiger partial charge in [-0.05, 0) is 49.1 Å². The Morgan fingerprint density at radius 1 is 1.30 bits per heavy atom. The number of rotatable bonds is 7. The van der Waals surface area contributed by atoms with Gasteiger partial charge in [0.15, 0.2) is 0 Å². The molecule has 0 spiro atoms. The zero-order valence-electron chi connectivity index (χ0n) is 11.8. The first kappa shape index (κ1) is 14.5. The minimum Gasteiger partial charge on any atom is -0.494 e. The Labute approximate surface area is 120 Å². The van der Waals surface area contributed by atoms with E-state index in [4.69, 9.17) is 10.6 Å². The predicted octanol–water partition coefficient (Wildman–Crippen LogP) is 2.23. The number of benzene rings is 1. The maximum atomic E-state index is 5.75. The topological polar surface area (TPSA) is 60.2 Å². The van der Waals surface area contributed by atoms with E-state index in [0.717, 1.165) is 18.6 Å². The molecule has 2 aromatic rings. The van der Waals surface area contributed by atoms with Crippen molar-refractivity contribution >= 4 is 0 Å². The Balaban J connectivity index is 1.79. The Kier molecular flexibility index (Phi) is 5.53. The number of nitrogens with one attached hydrogen (secondary N) is 1. The highest BCUT2D eigenvalue weighted by Crippen LogP contribution is 2.13. The lowest BCUT2D eigenvalue weighted by molar-refractivity contribution is 0.285. The molecule has 4 heteroatoms. The maximum absolute atomic E-state index is 5.75. The average molecular weight is 271 g/mol. The fourth-order valence-electron chi connectivity index (χ4n) is 2.07. The summed E-state index contributed by atoms with van der Waals surface area (Å²) < 4.78 is 5.75. The molecule has 0 aliphatic rings. The van der Waals surface area contributed by atoms with E-state index < -0.39 is 0 Å². The van der Waals surface area contributed by atoms with Gasteiger partial charge in [0, 0.05) is 18.4 Å². The summed E-state index contributed by atoms with van der Waals surface area (Å²) in [5, 5.41) is 0. The summed E-state index contributed by atoms with van der Waals surface area (Å²) in [6.07, 6.45) is 5.34. The molecule has 3 N–H and O–H groups in total. The van der Waals surface area contributed by atoms with Crippen LogP contribution in [0.3, 0.4) is 0 Å². The van der Waals surface area contributed by atoms with E-state index in [9.17, 15) is 0 Å². The first-order chi connectivity index (χ1) is 9.78. The summed E-state index contributed by atoms with van der Waals surface area (Å²) in [5.74, 6) is 6.50. The first-order valence-corrected chi connectivity index (χ1v) is 6.82. The van der Waals surface area contributed by atoms with Gasteiger partial charge in [0.25, 0.3) is 0 Å². The SMILES string of the molecule is Cc1cccc(OCCC(Cc2cccnc2)NN)c1. The second-order valence-electron chi connectivity index (χ2n) is 4.88. The molecule has 20 heavy (non-hydrogen) atoms. The number of ether oxygens (including phenoxy) is 1. The monoisotopic (exact) mass is 271 g/mol. The van der Waals surface area contributed by atoms with Gasteiger partial charge < -0.3 is 4.74 Å². The number of pyridine rings is 1. The summed E-state index contributed by atoms with van der Waals surface area (Å²) in [6, 6.07) is 12.2. The summed E-state index contributed by atoms with van der Waals surface area (Å²) in [4.78, 5) is 4.11. The molecule has 0 saturated carbocycles. The van der Waals surface area contributed by atoms with E-state index in [0.29, 0.717) is 6.61 Å². The van der Waals surface area contributed by atoms with Gasteiger partial charge in [-0.25, -0.2) is 0 Å². The van der Waals surface area contributed by atoms with Gasteiger partial charge in [-0.15, -0.1) is 0 Å². The van der Waals surface area contributed by atoms with E-state index in [1.54, 1.807) is 6.20 Å². The average Bonchev–Trinajstić information content (AvgIpc) is 2.47. The van der Waals surface area contributed by atoms with Crippen LogP contribution in [0.4, 0.5) is 0 Å². The molecule has 0 aliphatic heterocycles. The molecule has 106 valence electrons. The highest BCUT2D eigenvalue weighted by molar-refractivity contribution is 5.27. The Morgan fingerprint density at radius 3 is 2.90 bits per heavy atom. The van der Waals surface area contributed by atoms with Crippen LogP contribution >= 0.6 is 0 Å². The number of hydrogen-bond acceptors (Lipinski definition) is 4. The van der Waals surface area contributed by atoms with Crippen molar-refractivity contribution in [2.75, 3.05) is 6.61 Å². The Hall–Kier alpha value is -1.91. The van der Waals surface area contributed by atoms with Gasteiger partial charge in [0.1, 0.15) is 5.75 Å². The van der Waals surface area contributed by atoms with Gasteiger partial charge >= 0.3 is 0 Å². The number of aromatic nitrogens is 1. The number of hydrogen-bond donors (Lipinski definition) is 2. The number of nitrogens with zero attached hydrogens (tertiary/aromatic N) is 1. The molecular formula is C16H21N3O. The maximum Gasteiger partial charge on any atom is 0.119 e. The molecule has 2 rings (SSSR count). The largest absolute Gasteiger partial charge is 0.494 e. The van der Waals surface area contributed by atoms with Crippen LogP contribution in [0.25, 0.3) is 0 Å². The Morgan fingerprint density at radius 2 is 2.20 bits per heavy atom. The minimum absolute atomic E-state index is 0.184. The number of aryl methyl sites for hydroxylation is 1. The highest BCUT2D eigenvalue weighted by atomic mass is 16.5. The molecule has 0 fully saturated rings. The standard InChI is InChI=1S/C16H21N3O/c1-13-4-2-6-16(10-13)20-9-7-15(19-17)11-14-5-3-8-18-12-14/h2-6,8,10,12,15,19H,7,9,11,17H2,1H3. The zero-order chi connectivity index (χ0) is 14.2. The lowest BCUT2D eigenvalue weighted by Crippen LogP contribution is -2.37. The molecule has 1 atom stereocenters. The third-order valence-electron chi connectivity index (χ3n) is 3.17. The van der Waals surface area contributed by atoms with Crippen molar-refractivity contribution in [1.82, 2.24) is 10.4 Å². The van der Waals surface area contributed by atoms with Gasteiger partial charge in [0.2, 0.25) is 0 Å². The van der Waals surface area contributed by atoms with Crippen LogP contribution in [0, 0.1) is 6.92 Å². The van der Waals surface area contributed by atoms with E-state index in [1.807, 2.05) is 30.5 Å². The van der Waals surface area contributed by atoms with Crippen molar-refractivity contribution in [1.29, 1.82) is 0 Å². The van der Waals surface area contributed by atoms with Gasteiger partial charge in [-0.3, -0.25) is 16.3 Å². The molecule has 0 saturated heterocycles. The smallest absolute Gasteiger partial charge is 0.119 e. The van der Waals surface area contributed by atoms with Crippen molar-refractivity contribution in [3.63, 3.8) is 0 Å². The summed E-state index contributed by atoms with van der Waals surface area (Å²) in [6.45, 7) is 2.69. The second-order valence-corrected chi connectivity index (χ2v) is 4.88. The third kappa shape index (κ3) is 4.64. The predicted molar refractivity (Wildman–Crippen MR) is 80.3 cm³/mol. The molecule has 0 amide bonds. The zero-order valence-corrected chi connectivity index (χ0v) is 11.8. The molecule has 1 heterocycles. The molecule has 1 unspecified atom stereocenters. The van der Waals surface area contributed by atoms with Crippen LogP contribution in [0.1, 0.15) is 17.5 Å². The third-order valence-corrected chi connectivity index (χ3v) is 3.17. The van der Waals surface area contributed by atoms with E-state index in [-0.39, 0.29) is 6.04 Å². The van der Waals surface area contributed by atoms with Crippen molar-refractivity contribution in [2.24, 2.45) is 5.84 Å². The quantitative estimate of drug-likeness (QED) is 0.599. The molecule has 1 aromatic heterocycles. The van der Waals surface area contributed by atoms with Crippen molar-refractivity contribution in [3.8, 4) is 5.75 Å². The molecule has 0 radical (unpaired) electrons. The van der Waals surface area contributed by atoms with Crippen LogP contribution in [0.2, 0.25) is 0 Å². The van der Waals surface area contributed by atoms with Crippen molar-refractivity contribution in [2.45, 2.75) is 25.8 Å². The van der Waals surface area contributed by atoms with E-state index in [1.165, 1.54) is 11.1 Å². The van der Waals surface area contributed by atoms with Crippen LogP contribution < -0.4 is 16.0 Å². The fraction of sp³-hybridized carbons (Fsp3) is 0.312. The van der Waals surface area contributed by atoms with Gasteiger partial charge in [-0.2, -0.15) is 0 Å². The van der Waals surface area contributed by atoms with Crippen molar-refractivity contribution < 1.29 is 4.74 Å². The number of nitrogens with two attached hydrogens (primary N) is 1. The minimum atomic E-state index is 0.184. The summed E-state index contributed by atoms with van der Waals surface area (Å²) in [5.41, 5.74) is 5.21. The first-order valence-electron chi connectivity index (χ1n) is 6.82. The van der Waals surface area contributed by atoms with Crippen LogP contribution in [-0.2, 0) is 6.42 Å². The lowest BCUT2D eigenvalue weighted by Gasteiger charge is -2.16. The molecule has 4 nitrogen and oxygen atoms in total. The van der Waals surface area contributed by atoms with Crippen LogP contribution in [0.5, 0.6) is 5.75 Å². The summed E-state index contributed by atoms with van der Waals surface area (Å²) >= 11 is 0. The normalized spacial score (nSPS) is 12.1. The Bertz CT molecular complexity index is 516. The van der Waals surface area contributed by atoms with Crippen molar-refractivity contribution in [3.05, 3.63) is 59.9 Å². The van der Waals surface area contributed by atoms with E-state index in [2.05, 4.69) is 29.5 Å². The fourth-order valence-corrected chi connectivity index (χ4v) is 2.07. The molecule has 0 aliphatic carbocycles. The second kappa shape index (κ2) is 7.62. The summed E-state index contributed by atoms with van der Waals surface area (Å²) in [7, 11) is 0. The lowest BCUT2D eigenvalue weighted by atomic mass is 10.1. The molecule has 0 bridgehead atoms. The molecular weight excluding hydrogens is 250 g/mol. The van der Waals surface area contributed by atoms with Crippen LogP contribution in [-0.4, -0.2) is 17.6 Å².